The summed E-state index contributed by atoms with van der Waals surface area (Å²) in [5, 5.41) is 0. The highest BCUT2D eigenvalue weighted by Crippen LogP contribution is 2.13. The van der Waals surface area contributed by atoms with Gasteiger partial charge in [-0.1, -0.05) is 39.5 Å². The molecule has 1 unspecified atom stereocenters. The van der Waals surface area contributed by atoms with Crippen molar-refractivity contribution in [1.82, 2.24) is 0 Å². The highest BCUT2D eigenvalue weighted by atomic mass is 14.8. The van der Waals surface area contributed by atoms with Crippen molar-refractivity contribution in [3.8, 4) is 0 Å². The van der Waals surface area contributed by atoms with Crippen LogP contribution in [0.2, 0.25) is 0 Å². The second-order valence-corrected chi connectivity index (χ2v) is 3.49. The van der Waals surface area contributed by atoms with Gasteiger partial charge in [0, 0.05) is 0 Å². The summed E-state index contributed by atoms with van der Waals surface area (Å²) in [5.74, 6) is 0.846. The highest BCUT2D eigenvalue weighted by Gasteiger charge is 2.01. The van der Waals surface area contributed by atoms with Gasteiger partial charge >= 0.3 is 0 Å². The lowest BCUT2D eigenvalue weighted by atomic mass is 9.99. The van der Waals surface area contributed by atoms with Gasteiger partial charge in [-0.15, -0.1) is 0 Å². The second-order valence-electron chi connectivity index (χ2n) is 3.49. The molecule has 11 heavy (non-hydrogen) atoms. The second kappa shape index (κ2) is 6.62. The Morgan fingerprint density at radius 3 is 2.18 bits per heavy atom. The van der Waals surface area contributed by atoms with Crippen LogP contribution in [-0.2, 0) is 0 Å². The first-order valence-corrected chi connectivity index (χ1v) is 4.68. The molecule has 0 spiro atoms. The molecule has 0 bridgehead atoms. The summed E-state index contributed by atoms with van der Waals surface area (Å²) in [6, 6.07) is 0. The SMILES string of the molecule is CCCC(C)CCCC(N)N. The monoisotopic (exact) mass is 158 g/mol. The van der Waals surface area contributed by atoms with Crippen molar-refractivity contribution in [1.29, 1.82) is 0 Å². The predicted octanol–water partition coefficient (Wildman–Crippen LogP) is 1.84. The molecule has 0 saturated heterocycles. The average molecular weight is 158 g/mol. The normalized spacial score (nSPS) is 13.9. The maximum atomic E-state index is 5.43. The van der Waals surface area contributed by atoms with Gasteiger partial charge in [0.15, 0.2) is 0 Å². The van der Waals surface area contributed by atoms with Crippen molar-refractivity contribution in [2.45, 2.75) is 52.1 Å². The summed E-state index contributed by atoms with van der Waals surface area (Å²) in [5.41, 5.74) is 10.9. The minimum absolute atomic E-state index is 0.108. The molecule has 0 aliphatic heterocycles. The fourth-order valence-corrected chi connectivity index (χ4v) is 1.34. The number of rotatable bonds is 6. The van der Waals surface area contributed by atoms with Gasteiger partial charge < -0.3 is 11.5 Å². The van der Waals surface area contributed by atoms with Crippen LogP contribution < -0.4 is 11.5 Å². The summed E-state index contributed by atoms with van der Waals surface area (Å²) in [6.07, 6.45) is 5.94. The molecule has 0 rings (SSSR count). The van der Waals surface area contributed by atoms with Crippen LogP contribution >= 0.6 is 0 Å². The highest BCUT2D eigenvalue weighted by molar-refractivity contribution is 4.56. The molecule has 2 heteroatoms. The van der Waals surface area contributed by atoms with Gasteiger partial charge in [0.05, 0.1) is 6.17 Å². The van der Waals surface area contributed by atoms with Crippen molar-refractivity contribution < 1.29 is 0 Å². The van der Waals surface area contributed by atoms with E-state index in [0.717, 1.165) is 12.3 Å². The molecule has 0 fully saturated rings. The standard InChI is InChI=1S/C9H22N2/c1-3-5-8(2)6-4-7-9(10)11/h8-9H,3-7,10-11H2,1-2H3. The average Bonchev–Trinajstić information content (AvgIpc) is 1.87. The number of hydrogen-bond donors (Lipinski definition) is 2. The number of hydrogen-bond acceptors (Lipinski definition) is 2. The van der Waals surface area contributed by atoms with Crippen molar-refractivity contribution >= 4 is 0 Å². The molecule has 0 aromatic carbocycles. The summed E-state index contributed by atoms with van der Waals surface area (Å²) in [6.45, 7) is 4.52. The maximum absolute atomic E-state index is 5.43. The van der Waals surface area contributed by atoms with Gasteiger partial charge in [0.25, 0.3) is 0 Å². The van der Waals surface area contributed by atoms with E-state index in [1.165, 1.54) is 25.7 Å². The smallest absolute Gasteiger partial charge is 0.0520 e. The van der Waals surface area contributed by atoms with Crippen LogP contribution in [0.4, 0.5) is 0 Å². The molecular formula is C9H22N2. The Kier molecular flexibility index (Phi) is 6.57. The summed E-state index contributed by atoms with van der Waals surface area (Å²) in [7, 11) is 0. The van der Waals surface area contributed by atoms with Crippen LogP contribution in [0, 0.1) is 5.92 Å². The van der Waals surface area contributed by atoms with E-state index < -0.39 is 0 Å². The third-order valence-electron chi connectivity index (χ3n) is 2.02. The molecule has 0 aromatic rings. The van der Waals surface area contributed by atoms with Gasteiger partial charge in [-0.2, -0.15) is 0 Å². The molecule has 0 heterocycles. The molecule has 0 aliphatic carbocycles. The van der Waals surface area contributed by atoms with E-state index in [-0.39, 0.29) is 6.17 Å². The quantitative estimate of drug-likeness (QED) is 0.579. The van der Waals surface area contributed by atoms with E-state index >= 15 is 0 Å². The van der Waals surface area contributed by atoms with Gasteiger partial charge in [0.1, 0.15) is 0 Å². The molecule has 0 saturated carbocycles. The lowest BCUT2D eigenvalue weighted by Crippen LogP contribution is -2.30. The minimum Gasteiger partial charge on any atom is -0.316 e. The van der Waals surface area contributed by atoms with E-state index in [2.05, 4.69) is 13.8 Å². The molecule has 0 amide bonds. The molecule has 2 nitrogen and oxygen atoms in total. The van der Waals surface area contributed by atoms with Crippen molar-refractivity contribution in [3.05, 3.63) is 0 Å². The van der Waals surface area contributed by atoms with Crippen molar-refractivity contribution in [2.24, 2.45) is 17.4 Å². The first-order chi connectivity index (χ1) is 5.16. The third kappa shape index (κ3) is 7.82. The Morgan fingerprint density at radius 1 is 1.09 bits per heavy atom. The first-order valence-electron chi connectivity index (χ1n) is 4.68. The minimum atomic E-state index is -0.108. The molecule has 0 aliphatic rings. The zero-order valence-electron chi connectivity index (χ0n) is 7.84. The Hall–Kier alpha value is -0.0800. The van der Waals surface area contributed by atoms with E-state index in [4.69, 9.17) is 11.5 Å². The molecule has 68 valence electrons. The zero-order chi connectivity index (χ0) is 8.69. The van der Waals surface area contributed by atoms with E-state index in [0.29, 0.717) is 0 Å². The van der Waals surface area contributed by atoms with E-state index in [1.807, 2.05) is 0 Å². The molecule has 0 aromatic heterocycles. The molecule has 0 radical (unpaired) electrons. The maximum Gasteiger partial charge on any atom is 0.0520 e. The molecule has 1 atom stereocenters. The van der Waals surface area contributed by atoms with Crippen LogP contribution in [0.1, 0.15) is 46.0 Å². The topological polar surface area (TPSA) is 52.0 Å². The summed E-state index contributed by atoms with van der Waals surface area (Å²) >= 11 is 0. The van der Waals surface area contributed by atoms with E-state index in [9.17, 15) is 0 Å². The van der Waals surface area contributed by atoms with Gasteiger partial charge in [0.2, 0.25) is 0 Å². The van der Waals surface area contributed by atoms with Crippen LogP contribution in [0.3, 0.4) is 0 Å². The van der Waals surface area contributed by atoms with Gasteiger partial charge in [-0.3, -0.25) is 0 Å². The van der Waals surface area contributed by atoms with Crippen molar-refractivity contribution in [3.63, 3.8) is 0 Å². The first kappa shape index (κ1) is 10.9. The van der Waals surface area contributed by atoms with Gasteiger partial charge in [-0.25, -0.2) is 0 Å². The molecular weight excluding hydrogens is 136 g/mol. The fourth-order valence-electron chi connectivity index (χ4n) is 1.34. The zero-order valence-corrected chi connectivity index (χ0v) is 7.84. The predicted molar refractivity (Wildman–Crippen MR) is 50.1 cm³/mol. The summed E-state index contributed by atoms with van der Waals surface area (Å²) < 4.78 is 0. The van der Waals surface area contributed by atoms with Gasteiger partial charge in [-0.05, 0) is 12.3 Å². The Labute approximate surface area is 70.3 Å². The van der Waals surface area contributed by atoms with Crippen LogP contribution in [0.25, 0.3) is 0 Å². The Morgan fingerprint density at radius 2 is 1.73 bits per heavy atom. The fraction of sp³-hybridized carbons (Fsp3) is 1.00. The van der Waals surface area contributed by atoms with Crippen LogP contribution in [-0.4, -0.2) is 6.17 Å². The summed E-state index contributed by atoms with van der Waals surface area (Å²) in [4.78, 5) is 0. The molecule has 4 N–H and O–H groups in total. The largest absolute Gasteiger partial charge is 0.316 e. The third-order valence-corrected chi connectivity index (χ3v) is 2.02. The lowest BCUT2D eigenvalue weighted by molar-refractivity contribution is 0.445. The number of nitrogens with two attached hydrogens (primary N) is 2. The van der Waals surface area contributed by atoms with Crippen LogP contribution in [0.5, 0.6) is 0 Å². The van der Waals surface area contributed by atoms with Crippen molar-refractivity contribution in [2.75, 3.05) is 0 Å². The Bertz CT molecular complexity index is 81.6. The van der Waals surface area contributed by atoms with Crippen LogP contribution in [0.15, 0.2) is 0 Å². The Balaban J connectivity index is 3.10. The van der Waals surface area contributed by atoms with E-state index in [1.54, 1.807) is 0 Å². The lowest BCUT2D eigenvalue weighted by Gasteiger charge is -2.10.